The monoisotopic (exact) mass is 354 g/mol. The summed E-state index contributed by atoms with van der Waals surface area (Å²) in [4.78, 5) is 22.1. The Kier molecular flexibility index (Phi) is 3.36. The summed E-state index contributed by atoms with van der Waals surface area (Å²) < 4.78 is 1.50. The molecule has 0 radical (unpaired) electrons. The number of hydrogen-bond acceptors (Lipinski definition) is 4. The van der Waals surface area contributed by atoms with E-state index >= 15 is 0 Å². The molecule has 0 aliphatic rings. The Morgan fingerprint density at radius 3 is 2.65 bits per heavy atom. The van der Waals surface area contributed by atoms with Crippen molar-refractivity contribution in [3.8, 4) is 17.6 Å². The van der Waals surface area contributed by atoms with Gasteiger partial charge < -0.3 is 4.98 Å². The molecule has 0 bridgehead atoms. The average molecular weight is 356 g/mol. The normalized spacial score (nSPS) is 9.94. The first kappa shape index (κ1) is 12.0. The number of H-pyrrole nitrogens is 1. The number of rotatable bonds is 1. The average Bonchev–Trinajstić information content (AvgIpc) is 2.29. The van der Waals surface area contributed by atoms with Gasteiger partial charge >= 0.3 is 0 Å². The number of pyridine rings is 1. The number of aromatic nitrogens is 3. The molecular weight excluding hydrogens is 352 g/mol. The van der Waals surface area contributed by atoms with E-state index in [4.69, 9.17) is 5.26 Å². The largest absolute Gasteiger partial charge is 0.304 e. The van der Waals surface area contributed by atoms with E-state index in [0.717, 1.165) is 4.47 Å². The molecule has 0 amide bonds. The Bertz CT molecular complexity index is 675. The zero-order chi connectivity index (χ0) is 12.4. The van der Waals surface area contributed by atoms with Crippen molar-refractivity contribution in [1.29, 1.82) is 5.26 Å². The summed E-state index contributed by atoms with van der Waals surface area (Å²) in [5.74, 6) is 0.313. The van der Waals surface area contributed by atoms with Crippen LogP contribution >= 0.6 is 31.9 Å². The number of aromatic amines is 1. The highest BCUT2D eigenvalue weighted by Crippen LogP contribution is 2.25. The first-order chi connectivity index (χ1) is 8.11. The molecule has 7 heteroatoms. The Hall–Kier alpha value is -1.52. The zero-order valence-electron chi connectivity index (χ0n) is 8.24. The third-order valence-electron chi connectivity index (χ3n) is 1.95. The second kappa shape index (κ2) is 4.77. The summed E-state index contributed by atoms with van der Waals surface area (Å²) in [6, 6.07) is 3.54. The molecule has 84 valence electrons. The van der Waals surface area contributed by atoms with E-state index in [9.17, 15) is 4.79 Å². The van der Waals surface area contributed by atoms with Crippen LogP contribution < -0.4 is 5.56 Å². The Balaban J connectivity index is 2.58. The van der Waals surface area contributed by atoms with Gasteiger partial charge in [-0.1, -0.05) is 0 Å². The highest BCUT2D eigenvalue weighted by atomic mass is 79.9. The van der Waals surface area contributed by atoms with Crippen LogP contribution in [0.25, 0.3) is 11.5 Å². The van der Waals surface area contributed by atoms with Gasteiger partial charge in [0.05, 0.1) is 6.20 Å². The second-order valence-corrected chi connectivity index (χ2v) is 4.84. The van der Waals surface area contributed by atoms with Crippen molar-refractivity contribution in [2.75, 3.05) is 0 Å². The van der Waals surface area contributed by atoms with Crippen LogP contribution in [0.5, 0.6) is 0 Å². The maximum Gasteiger partial charge on any atom is 0.269 e. The standard InChI is InChI=1S/C10H4Br2N4O/c11-6-1-7(12)8(14-4-6)9-15-3-5(2-13)10(17)16-9/h1,3-4H,(H,15,16,17). The third-order valence-corrected chi connectivity index (χ3v) is 2.99. The highest BCUT2D eigenvalue weighted by molar-refractivity contribution is 9.11. The third kappa shape index (κ3) is 2.43. The van der Waals surface area contributed by atoms with Gasteiger partial charge in [-0.2, -0.15) is 5.26 Å². The number of nitrogens with zero attached hydrogens (tertiary/aromatic N) is 3. The van der Waals surface area contributed by atoms with Crippen LogP contribution in [0, 0.1) is 11.3 Å². The van der Waals surface area contributed by atoms with Gasteiger partial charge in [0.25, 0.3) is 5.56 Å². The van der Waals surface area contributed by atoms with Gasteiger partial charge in [-0.3, -0.25) is 9.78 Å². The zero-order valence-corrected chi connectivity index (χ0v) is 11.4. The summed E-state index contributed by atoms with van der Waals surface area (Å²) in [6.45, 7) is 0. The Morgan fingerprint density at radius 2 is 2.06 bits per heavy atom. The summed E-state index contributed by atoms with van der Waals surface area (Å²) in [5.41, 5.74) is 0.00546. The van der Waals surface area contributed by atoms with Crippen LogP contribution in [0.1, 0.15) is 5.56 Å². The molecule has 2 aromatic heterocycles. The molecule has 0 atom stereocenters. The highest BCUT2D eigenvalue weighted by Gasteiger charge is 2.09. The van der Waals surface area contributed by atoms with E-state index in [2.05, 4.69) is 46.8 Å². The molecule has 2 rings (SSSR count). The van der Waals surface area contributed by atoms with E-state index in [0.29, 0.717) is 16.0 Å². The molecule has 1 N–H and O–H groups in total. The summed E-state index contributed by atoms with van der Waals surface area (Å²) in [6.07, 6.45) is 2.82. The van der Waals surface area contributed by atoms with Crippen LogP contribution in [0.4, 0.5) is 0 Å². The molecule has 0 aromatic carbocycles. The van der Waals surface area contributed by atoms with Gasteiger partial charge in [0.15, 0.2) is 5.82 Å². The minimum absolute atomic E-state index is 0.0259. The molecule has 5 nitrogen and oxygen atoms in total. The van der Waals surface area contributed by atoms with E-state index in [1.165, 1.54) is 6.20 Å². The van der Waals surface area contributed by atoms with Gasteiger partial charge in [0.1, 0.15) is 17.3 Å². The van der Waals surface area contributed by atoms with E-state index < -0.39 is 5.56 Å². The van der Waals surface area contributed by atoms with Crippen molar-refractivity contribution in [2.45, 2.75) is 0 Å². The predicted molar refractivity (Wildman–Crippen MR) is 68.2 cm³/mol. The molecule has 0 aliphatic heterocycles. The van der Waals surface area contributed by atoms with Crippen LogP contribution in [-0.2, 0) is 0 Å². The predicted octanol–water partition coefficient (Wildman–Crippen LogP) is 2.23. The Labute approximate surface area is 113 Å². The van der Waals surface area contributed by atoms with Gasteiger partial charge in [0, 0.05) is 15.1 Å². The lowest BCUT2D eigenvalue weighted by Gasteiger charge is -2.02. The van der Waals surface area contributed by atoms with Crippen molar-refractivity contribution in [3.05, 3.63) is 43.3 Å². The van der Waals surface area contributed by atoms with Crippen molar-refractivity contribution in [2.24, 2.45) is 0 Å². The SMILES string of the molecule is N#Cc1cnc(-c2ncc(Br)cc2Br)[nH]c1=O. The fraction of sp³-hybridized carbons (Fsp3) is 0. The lowest BCUT2D eigenvalue weighted by molar-refractivity contribution is 1.08. The van der Waals surface area contributed by atoms with Crippen LogP contribution in [0.15, 0.2) is 32.2 Å². The van der Waals surface area contributed by atoms with Crippen molar-refractivity contribution in [3.63, 3.8) is 0 Å². The number of halogens is 2. The fourth-order valence-corrected chi connectivity index (χ4v) is 2.36. The lowest BCUT2D eigenvalue weighted by Crippen LogP contribution is -2.12. The molecule has 2 aromatic rings. The lowest BCUT2D eigenvalue weighted by atomic mass is 10.3. The fourth-order valence-electron chi connectivity index (χ4n) is 1.18. The molecule has 0 spiro atoms. The van der Waals surface area contributed by atoms with Gasteiger partial charge in [-0.25, -0.2) is 4.98 Å². The molecule has 0 fully saturated rings. The maximum absolute atomic E-state index is 11.5. The number of nitrogens with one attached hydrogen (secondary N) is 1. The first-order valence-corrected chi connectivity index (χ1v) is 6.01. The summed E-state index contributed by atoms with van der Waals surface area (Å²) in [5, 5.41) is 8.63. The Morgan fingerprint density at radius 1 is 1.29 bits per heavy atom. The molecule has 0 unspecified atom stereocenters. The van der Waals surface area contributed by atoms with Gasteiger partial charge in [-0.15, -0.1) is 0 Å². The minimum Gasteiger partial charge on any atom is -0.304 e. The molecule has 0 aliphatic carbocycles. The smallest absolute Gasteiger partial charge is 0.269 e. The topological polar surface area (TPSA) is 82.4 Å². The van der Waals surface area contributed by atoms with Gasteiger partial charge in [-0.05, 0) is 37.9 Å². The molecule has 0 saturated heterocycles. The van der Waals surface area contributed by atoms with Crippen LogP contribution in [0.3, 0.4) is 0 Å². The second-order valence-electron chi connectivity index (χ2n) is 3.07. The summed E-state index contributed by atoms with van der Waals surface area (Å²) >= 11 is 6.60. The quantitative estimate of drug-likeness (QED) is 0.850. The van der Waals surface area contributed by atoms with E-state index in [1.54, 1.807) is 18.3 Å². The van der Waals surface area contributed by atoms with E-state index in [-0.39, 0.29) is 5.56 Å². The molecule has 0 saturated carbocycles. The van der Waals surface area contributed by atoms with Crippen LogP contribution in [0.2, 0.25) is 0 Å². The summed E-state index contributed by atoms with van der Waals surface area (Å²) in [7, 11) is 0. The first-order valence-electron chi connectivity index (χ1n) is 4.42. The molecule has 17 heavy (non-hydrogen) atoms. The maximum atomic E-state index is 11.5. The molecule has 2 heterocycles. The van der Waals surface area contributed by atoms with Crippen molar-refractivity contribution >= 4 is 31.9 Å². The van der Waals surface area contributed by atoms with Crippen molar-refractivity contribution in [1.82, 2.24) is 15.0 Å². The number of nitriles is 1. The minimum atomic E-state index is -0.478. The number of hydrogen-bond donors (Lipinski definition) is 1. The van der Waals surface area contributed by atoms with E-state index in [1.807, 2.05) is 0 Å². The van der Waals surface area contributed by atoms with Gasteiger partial charge in [0.2, 0.25) is 0 Å². The van der Waals surface area contributed by atoms with Crippen LogP contribution in [-0.4, -0.2) is 15.0 Å². The molecular formula is C10H4Br2N4O. The van der Waals surface area contributed by atoms with Crippen molar-refractivity contribution < 1.29 is 0 Å².